The van der Waals surface area contributed by atoms with Gasteiger partial charge in [-0.05, 0) is 12.0 Å². The maximum atomic E-state index is 4.22. The van der Waals surface area contributed by atoms with Crippen LogP contribution in [0.2, 0.25) is 0 Å². The monoisotopic (exact) mass is 296 g/mol. The largest absolute Gasteiger partial charge is 0.143 e. The van der Waals surface area contributed by atoms with Crippen molar-refractivity contribution in [3.05, 3.63) is 45.9 Å². The van der Waals surface area contributed by atoms with Crippen LogP contribution < -0.4 is 0 Å². The molecule has 0 amide bonds. The number of aromatic nitrogens is 2. The molecule has 2 nitrogen and oxygen atoms in total. The van der Waals surface area contributed by atoms with Crippen molar-refractivity contribution in [3.8, 4) is 0 Å². The highest BCUT2D eigenvalue weighted by molar-refractivity contribution is 9.09. The molecule has 1 aromatic heterocycles. The third-order valence-electron chi connectivity index (χ3n) is 2.31. The molecule has 2 aromatic rings. The first-order valence-electron chi connectivity index (χ1n) is 5.30. The van der Waals surface area contributed by atoms with Gasteiger partial charge in [0.25, 0.3) is 0 Å². The van der Waals surface area contributed by atoms with Gasteiger partial charge in [-0.25, -0.2) is 0 Å². The molecule has 0 N–H and O–H groups in total. The molecule has 1 aromatic carbocycles. The van der Waals surface area contributed by atoms with Gasteiger partial charge in [0.15, 0.2) is 0 Å². The van der Waals surface area contributed by atoms with Crippen LogP contribution in [0, 0.1) is 0 Å². The molecule has 84 valence electrons. The molecular formula is C12H13BrN2S. The van der Waals surface area contributed by atoms with Crippen molar-refractivity contribution in [3.63, 3.8) is 0 Å². The van der Waals surface area contributed by atoms with Gasteiger partial charge in [0.2, 0.25) is 0 Å². The van der Waals surface area contributed by atoms with E-state index in [1.165, 1.54) is 5.56 Å². The van der Waals surface area contributed by atoms with Crippen molar-refractivity contribution >= 4 is 27.3 Å². The third-order valence-corrected chi connectivity index (χ3v) is 4.73. The highest BCUT2D eigenvalue weighted by Gasteiger charge is 2.11. The first-order chi connectivity index (χ1) is 7.79. The van der Waals surface area contributed by atoms with Crippen molar-refractivity contribution in [2.24, 2.45) is 0 Å². The molecular weight excluding hydrogens is 284 g/mol. The van der Waals surface area contributed by atoms with E-state index < -0.39 is 0 Å². The van der Waals surface area contributed by atoms with Crippen LogP contribution in [0.25, 0.3) is 0 Å². The van der Waals surface area contributed by atoms with Crippen molar-refractivity contribution in [1.82, 2.24) is 10.2 Å². The summed E-state index contributed by atoms with van der Waals surface area (Å²) in [5.74, 6) is 0. The predicted molar refractivity (Wildman–Crippen MR) is 71.1 cm³/mol. The number of nitrogens with zero attached hydrogens (tertiary/aromatic N) is 2. The summed E-state index contributed by atoms with van der Waals surface area (Å²) < 4.78 is 0. The summed E-state index contributed by atoms with van der Waals surface area (Å²) in [6, 6.07) is 10.4. The molecule has 2 rings (SSSR count). The number of rotatable bonds is 4. The van der Waals surface area contributed by atoms with Crippen LogP contribution in [0.3, 0.4) is 0 Å². The minimum atomic E-state index is 0.342. The average molecular weight is 297 g/mol. The summed E-state index contributed by atoms with van der Waals surface area (Å²) in [5, 5.41) is 10.6. The van der Waals surface area contributed by atoms with Crippen LogP contribution >= 0.6 is 27.3 Å². The van der Waals surface area contributed by atoms with E-state index in [0.29, 0.717) is 4.83 Å². The van der Waals surface area contributed by atoms with E-state index in [1.54, 1.807) is 11.3 Å². The fourth-order valence-electron chi connectivity index (χ4n) is 1.41. The first kappa shape index (κ1) is 11.7. The zero-order chi connectivity index (χ0) is 11.4. The van der Waals surface area contributed by atoms with E-state index in [9.17, 15) is 0 Å². The Hall–Kier alpha value is -0.740. The van der Waals surface area contributed by atoms with E-state index in [-0.39, 0.29) is 0 Å². The van der Waals surface area contributed by atoms with Crippen molar-refractivity contribution in [2.75, 3.05) is 0 Å². The number of hydrogen-bond donors (Lipinski definition) is 0. The van der Waals surface area contributed by atoms with Gasteiger partial charge < -0.3 is 0 Å². The van der Waals surface area contributed by atoms with E-state index in [0.717, 1.165) is 22.9 Å². The smallest absolute Gasteiger partial charge is 0.131 e. The lowest BCUT2D eigenvalue weighted by molar-refractivity contribution is 0.862. The van der Waals surface area contributed by atoms with Crippen molar-refractivity contribution in [2.45, 2.75) is 24.6 Å². The Balaban J connectivity index is 2.09. The lowest BCUT2D eigenvalue weighted by Crippen LogP contribution is -1.86. The normalized spacial score (nSPS) is 12.6. The van der Waals surface area contributed by atoms with Crippen LogP contribution in [-0.4, -0.2) is 10.2 Å². The highest BCUT2D eigenvalue weighted by atomic mass is 79.9. The predicted octanol–water partition coefficient (Wildman–Crippen LogP) is 3.97. The molecule has 0 saturated carbocycles. The maximum absolute atomic E-state index is 4.22. The van der Waals surface area contributed by atoms with E-state index in [2.05, 4.69) is 57.3 Å². The van der Waals surface area contributed by atoms with Crippen LogP contribution in [0.4, 0.5) is 0 Å². The molecule has 0 bridgehead atoms. The summed E-state index contributed by atoms with van der Waals surface area (Å²) in [5.41, 5.74) is 1.29. The van der Waals surface area contributed by atoms with Crippen molar-refractivity contribution < 1.29 is 0 Å². The topological polar surface area (TPSA) is 25.8 Å². The quantitative estimate of drug-likeness (QED) is 0.798. The summed E-state index contributed by atoms with van der Waals surface area (Å²) in [6.45, 7) is 2.14. The molecule has 0 spiro atoms. The van der Waals surface area contributed by atoms with Gasteiger partial charge in [0.05, 0.1) is 4.83 Å². The minimum absolute atomic E-state index is 0.342. The van der Waals surface area contributed by atoms with Gasteiger partial charge in [-0.2, -0.15) is 0 Å². The van der Waals surface area contributed by atoms with Gasteiger partial charge in [-0.1, -0.05) is 64.5 Å². The third kappa shape index (κ3) is 2.89. The molecule has 0 aliphatic carbocycles. The van der Waals surface area contributed by atoms with Crippen LogP contribution in [-0.2, 0) is 6.42 Å². The number of halogens is 1. The standard InChI is InChI=1S/C12H13BrN2S/c1-2-10(13)12-15-14-11(16-12)8-9-6-4-3-5-7-9/h3-7,10H,2,8H2,1H3. The summed E-state index contributed by atoms with van der Waals surface area (Å²) in [4.78, 5) is 0.342. The fourth-order valence-corrected chi connectivity index (χ4v) is 2.72. The Kier molecular flexibility index (Phi) is 4.07. The molecule has 0 radical (unpaired) electrons. The molecule has 1 heterocycles. The lowest BCUT2D eigenvalue weighted by Gasteiger charge is -1.98. The van der Waals surface area contributed by atoms with Crippen LogP contribution in [0.15, 0.2) is 30.3 Å². The van der Waals surface area contributed by atoms with Crippen LogP contribution in [0.5, 0.6) is 0 Å². The molecule has 1 atom stereocenters. The summed E-state index contributed by atoms with van der Waals surface area (Å²) in [6.07, 6.45) is 1.92. The molecule has 0 saturated heterocycles. The zero-order valence-corrected chi connectivity index (χ0v) is 11.5. The van der Waals surface area contributed by atoms with Gasteiger partial charge in [0, 0.05) is 6.42 Å². The number of hydrogen-bond acceptors (Lipinski definition) is 3. The first-order valence-corrected chi connectivity index (χ1v) is 7.03. The molecule has 16 heavy (non-hydrogen) atoms. The Bertz CT molecular complexity index is 441. The van der Waals surface area contributed by atoms with E-state index >= 15 is 0 Å². The fraction of sp³-hybridized carbons (Fsp3) is 0.333. The summed E-state index contributed by atoms with van der Waals surface area (Å²) in [7, 11) is 0. The molecule has 0 fully saturated rings. The molecule has 0 aliphatic heterocycles. The summed E-state index contributed by atoms with van der Waals surface area (Å²) >= 11 is 5.28. The zero-order valence-electron chi connectivity index (χ0n) is 9.06. The average Bonchev–Trinajstić information content (AvgIpc) is 2.78. The van der Waals surface area contributed by atoms with Crippen LogP contribution in [0.1, 0.15) is 33.8 Å². The molecule has 4 heteroatoms. The lowest BCUT2D eigenvalue weighted by atomic mass is 10.2. The second-order valence-corrected chi connectivity index (χ2v) is 5.77. The Morgan fingerprint density at radius 1 is 1.25 bits per heavy atom. The second kappa shape index (κ2) is 5.55. The van der Waals surface area contributed by atoms with E-state index in [4.69, 9.17) is 0 Å². The van der Waals surface area contributed by atoms with Gasteiger partial charge in [0.1, 0.15) is 10.0 Å². The van der Waals surface area contributed by atoms with Gasteiger partial charge >= 0.3 is 0 Å². The second-order valence-electron chi connectivity index (χ2n) is 3.57. The minimum Gasteiger partial charge on any atom is -0.143 e. The van der Waals surface area contributed by atoms with Gasteiger partial charge in [-0.15, -0.1) is 10.2 Å². The maximum Gasteiger partial charge on any atom is 0.131 e. The highest BCUT2D eigenvalue weighted by Crippen LogP contribution is 2.29. The Morgan fingerprint density at radius 3 is 2.69 bits per heavy atom. The molecule has 1 unspecified atom stereocenters. The van der Waals surface area contributed by atoms with Gasteiger partial charge in [-0.3, -0.25) is 0 Å². The number of benzene rings is 1. The molecule has 0 aliphatic rings. The Morgan fingerprint density at radius 2 is 2.00 bits per heavy atom. The number of alkyl halides is 1. The Labute approximate surface area is 108 Å². The van der Waals surface area contributed by atoms with E-state index in [1.807, 2.05) is 6.07 Å². The van der Waals surface area contributed by atoms with Crippen molar-refractivity contribution in [1.29, 1.82) is 0 Å². The SMILES string of the molecule is CCC(Br)c1nnc(Cc2ccccc2)s1.